The molecule has 1 aliphatic heterocycles. The van der Waals surface area contributed by atoms with E-state index in [1.807, 2.05) is 6.07 Å². The summed E-state index contributed by atoms with van der Waals surface area (Å²) in [6.45, 7) is 1.11. The Labute approximate surface area is 186 Å². The molecule has 1 aromatic carbocycles. The van der Waals surface area contributed by atoms with Gasteiger partial charge in [0.05, 0.1) is 26.1 Å². The summed E-state index contributed by atoms with van der Waals surface area (Å²) < 4.78 is 10.0. The van der Waals surface area contributed by atoms with Crippen molar-refractivity contribution in [1.82, 2.24) is 15.5 Å². The molecule has 32 heavy (non-hydrogen) atoms. The van der Waals surface area contributed by atoms with E-state index in [0.717, 1.165) is 12.0 Å². The number of imide groups is 1. The van der Waals surface area contributed by atoms with Crippen LogP contribution in [0.4, 0.5) is 0 Å². The summed E-state index contributed by atoms with van der Waals surface area (Å²) in [5.41, 5.74) is 1.19. The van der Waals surface area contributed by atoms with Gasteiger partial charge >= 0.3 is 5.97 Å². The van der Waals surface area contributed by atoms with Crippen LogP contribution in [-0.4, -0.2) is 63.0 Å². The smallest absolute Gasteiger partial charge is 0.341 e. The number of nitrogens with one attached hydrogen (secondary N) is 2. The lowest BCUT2D eigenvalue weighted by atomic mass is 9.85. The molecule has 1 saturated carbocycles. The molecule has 2 amide bonds. The number of amides is 2. The predicted octanol–water partition coefficient (Wildman–Crippen LogP) is 0.954. The molecule has 1 aromatic rings. The number of carbonyl (C=O) groups excluding carboxylic acids is 3. The number of carbonyl (C=O) groups is 3. The van der Waals surface area contributed by atoms with Crippen molar-refractivity contribution in [1.29, 1.82) is 0 Å². The van der Waals surface area contributed by atoms with Gasteiger partial charge in [0.25, 0.3) is 0 Å². The topological polar surface area (TPSA) is 109 Å². The Balaban J connectivity index is 1.29. The number of esters is 1. The molecular weight excluding hydrogens is 412 g/mol. The zero-order valence-corrected chi connectivity index (χ0v) is 18.5. The van der Waals surface area contributed by atoms with Crippen molar-refractivity contribution >= 4 is 23.7 Å². The molecule has 2 aliphatic carbocycles. The van der Waals surface area contributed by atoms with Gasteiger partial charge in [0.2, 0.25) is 11.8 Å². The lowest BCUT2D eigenvalue weighted by Gasteiger charge is -2.19. The van der Waals surface area contributed by atoms with Crippen LogP contribution in [0.1, 0.15) is 22.3 Å². The number of hydrogen-bond donors (Lipinski definition) is 2. The zero-order chi connectivity index (χ0) is 22.8. The first-order chi connectivity index (χ1) is 15.5. The van der Waals surface area contributed by atoms with E-state index in [2.05, 4.69) is 27.8 Å². The van der Waals surface area contributed by atoms with E-state index < -0.39 is 5.97 Å². The number of fused-ring (bicyclic) bond motifs is 5. The van der Waals surface area contributed by atoms with E-state index in [9.17, 15) is 14.4 Å². The molecular formula is C23H28N4O5. The molecule has 2 fully saturated rings. The van der Waals surface area contributed by atoms with Gasteiger partial charge < -0.3 is 20.1 Å². The Kier molecular flexibility index (Phi) is 6.16. The zero-order valence-electron chi connectivity index (χ0n) is 18.5. The number of hydrogen-bond acceptors (Lipinski definition) is 6. The third kappa shape index (κ3) is 3.83. The molecule has 1 heterocycles. The molecule has 4 atom stereocenters. The number of guanidine groups is 1. The van der Waals surface area contributed by atoms with Crippen molar-refractivity contribution in [2.75, 3.05) is 34.4 Å². The minimum Gasteiger partial charge on any atom is -0.496 e. The summed E-state index contributed by atoms with van der Waals surface area (Å²) in [6.07, 6.45) is 5.11. The fourth-order valence-electron chi connectivity index (χ4n) is 5.01. The monoisotopic (exact) mass is 440 g/mol. The molecule has 2 N–H and O–H groups in total. The Morgan fingerprint density at radius 2 is 1.81 bits per heavy atom. The van der Waals surface area contributed by atoms with Gasteiger partial charge in [-0.2, -0.15) is 0 Å². The first-order valence-electron chi connectivity index (χ1n) is 10.7. The summed E-state index contributed by atoms with van der Waals surface area (Å²) >= 11 is 0. The number of rotatable bonds is 7. The maximum Gasteiger partial charge on any atom is 0.341 e. The highest BCUT2D eigenvalue weighted by Crippen LogP contribution is 2.52. The first-order valence-corrected chi connectivity index (χ1v) is 10.7. The third-order valence-electron chi connectivity index (χ3n) is 6.54. The standard InChI is InChI=1S/C23H28N4O5/c1-24-23(26-12-13-4-7-17(31-2)16(10-13)22(30)32-3)25-8-9-27-20(28)18-14-5-6-15(11-14)19(18)21(27)29/h4-7,10,14-15,18-19H,8-9,11-12H2,1-3H3,(H2,24,25,26). The molecule has 0 spiro atoms. The highest BCUT2D eigenvalue weighted by molar-refractivity contribution is 6.06. The van der Waals surface area contributed by atoms with Crippen molar-refractivity contribution in [3.8, 4) is 5.75 Å². The van der Waals surface area contributed by atoms with Crippen molar-refractivity contribution in [3.63, 3.8) is 0 Å². The maximum absolute atomic E-state index is 12.8. The highest BCUT2D eigenvalue weighted by atomic mass is 16.5. The van der Waals surface area contributed by atoms with Gasteiger partial charge in [-0.1, -0.05) is 18.2 Å². The number of nitrogens with zero attached hydrogens (tertiary/aromatic N) is 2. The molecule has 0 aromatic heterocycles. The molecule has 4 unspecified atom stereocenters. The summed E-state index contributed by atoms with van der Waals surface area (Å²) in [6, 6.07) is 5.25. The average molecular weight is 441 g/mol. The summed E-state index contributed by atoms with van der Waals surface area (Å²) in [7, 11) is 4.46. The largest absolute Gasteiger partial charge is 0.496 e. The van der Waals surface area contributed by atoms with E-state index >= 15 is 0 Å². The van der Waals surface area contributed by atoms with Crippen molar-refractivity contribution in [2.24, 2.45) is 28.7 Å². The second-order valence-electron chi connectivity index (χ2n) is 8.21. The maximum atomic E-state index is 12.8. The van der Waals surface area contributed by atoms with Crippen LogP contribution in [0, 0.1) is 23.7 Å². The Bertz CT molecular complexity index is 959. The lowest BCUT2D eigenvalue weighted by molar-refractivity contribution is -0.140. The van der Waals surface area contributed by atoms with Gasteiger partial charge in [-0.15, -0.1) is 0 Å². The average Bonchev–Trinajstić information content (AvgIpc) is 3.50. The van der Waals surface area contributed by atoms with Crippen molar-refractivity contribution < 1.29 is 23.9 Å². The quantitative estimate of drug-likeness (QED) is 0.214. The SMILES string of the molecule is CN=C(NCCN1C(=O)C2C3C=CC(C3)C2C1=O)NCc1ccc(OC)c(C(=O)OC)c1. The van der Waals surface area contributed by atoms with Crippen LogP contribution in [0.2, 0.25) is 0 Å². The second kappa shape index (κ2) is 9.02. The third-order valence-corrected chi connectivity index (χ3v) is 6.54. The molecule has 9 nitrogen and oxygen atoms in total. The van der Waals surface area contributed by atoms with E-state index in [1.165, 1.54) is 19.1 Å². The van der Waals surface area contributed by atoms with Crippen LogP contribution in [0.5, 0.6) is 5.75 Å². The summed E-state index contributed by atoms with van der Waals surface area (Å²) in [5.74, 6) is 0.493. The van der Waals surface area contributed by atoms with E-state index in [4.69, 9.17) is 9.47 Å². The van der Waals surface area contributed by atoms with Crippen LogP contribution in [0.15, 0.2) is 35.3 Å². The molecule has 0 radical (unpaired) electrons. The van der Waals surface area contributed by atoms with Gasteiger partial charge in [-0.3, -0.25) is 19.5 Å². The van der Waals surface area contributed by atoms with Crippen LogP contribution < -0.4 is 15.4 Å². The molecule has 2 bridgehead atoms. The normalized spacial score (nSPS) is 25.8. The van der Waals surface area contributed by atoms with Crippen LogP contribution in [0.25, 0.3) is 0 Å². The molecule has 9 heteroatoms. The fraction of sp³-hybridized carbons (Fsp3) is 0.478. The van der Waals surface area contributed by atoms with Crippen LogP contribution in [-0.2, 0) is 20.9 Å². The number of aliphatic imine (C=N–C) groups is 1. The second-order valence-corrected chi connectivity index (χ2v) is 8.21. The first kappa shape index (κ1) is 21.9. The number of benzene rings is 1. The Morgan fingerprint density at radius 3 is 2.41 bits per heavy atom. The Hall–Kier alpha value is -3.36. The van der Waals surface area contributed by atoms with Crippen LogP contribution in [0.3, 0.4) is 0 Å². The Morgan fingerprint density at radius 1 is 1.12 bits per heavy atom. The van der Waals surface area contributed by atoms with E-state index in [0.29, 0.717) is 36.9 Å². The predicted molar refractivity (Wildman–Crippen MR) is 117 cm³/mol. The molecule has 4 rings (SSSR count). The summed E-state index contributed by atoms with van der Waals surface area (Å²) in [4.78, 5) is 43.0. The minimum absolute atomic E-state index is 0.0461. The number of methoxy groups -OCH3 is 2. The van der Waals surface area contributed by atoms with Crippen molar-refractivity contribution in [2.45, 2.75) is 13.0 Å². The van der Waals surface area contributed by atoms with Crippen molar-refractivity contribution in [3.05, 3.63) is 41.5 Å². The van der Waals surface area contributed by atoms with Gasteiger partial charge in [-0.05, 0) is 36.0 Å². The molecule has 1 saturated heterocycles. The van der Waals surface area contributed by atoms with Gasteiger partial charge in [0, 0.05) is 26.7 Å². The number of allylic oxidation sites excluding steroid dienone is 2. The van der Waals surface area contributed by atoms with E-state index in [-0.39, 0.29) is 35.5 Å². The minimum atomic E-state index is -0.473. The fourth-order valence-corrected chi connectivity index (χ4v) is 5.01. The molecule has 170 valence electrons. The van der Waals surface area contributed by atoms with Gasteiger partial charge in [0.15, 0.2) is 5.96 Å². The number of ether oxygens (including phenoxy) is 2. The molecule has 3 aliphatic rings. The van der Waals surface area contributed by atoms with Gasteiger partial charge in [-0.25, -0.2) is 4.79 Å². The van der Waals surface area contributed by atoms with Gasteiger partial charge in [0.1, 0.15) is 11.3 Å². The highest BCUT2D eigenvalue weighted by Gasteiger charge is 2.58. The van der Waals surface area contributed by atoms with E-state index in [1.54, 1.807) is 19.2 Å². The summed E-state index contributed by atoms with van der Waals surface area (Å²) in [5, 5.41) is 6.31. The lowest BCUT2D eigenvalue weighted by Crippen LogP contribution is -2.43. The van der Waals surface area contributed by atoms with Crippen LogP contribution >= 0.6 is 0 Å². The number of likely N-dealkylation sites (tertiary alicyclic amines) is 1.